The monoisotopic (exact) mass is 420 g/mol. The van der Waals surface area contributed by atoms with Gasteiger partial charge in [-0.1, -0.05) is 6.92 Å². The van der Waals surface area contributed by atoms with Crippen molar-refractivity contribution in [2.75, 3.05) is 48.4 Å². The van der Waals surface area contributed by atoms with Crippen molar-refractivity contribution >= 4 is 39.0 Å². The molecule has 26 heavy (non-hydrogen) atoms. The summed E-state index contributed by atoms with van der Waals surface area (Å²) in [7, 11) is 3.69. The molecule has 0 aliphatic carbocycles. The van der Waals surface area contributed by atoms with Gasteiger partial charge in [-0.15, -0.1) is 0 Å². The van der Waals surface area contributed by atoms with Gasteiger partial charge in [-0.2, -0.15) is 0 Å². The number of nitrogens with zero attached hydrogens (tertiary/aromatic N) is 4. The minimum Gasteiger partial charge on any atom is -0.368 e. The number of aromatic nitrogens is 1. The standard InChI is InChI=1S/C19H22BrFN4O/c1-4-7-24-8-9-25(17-11-14(21)5-6-16(17)24)19(26)15-10-13(20)12-22-18(15)23(2)3/h5-6,10-12H,4,7-9H2,1-3H3. The molecule has 2 aromatic rings. The number of benzene rings is 1. The molecule has 0 spiro atoms. The van der Waals surface area contributed by atoms with E-state index in [1.54, 1.807) is 28.1 Å². The first-order valence-corrected chi connectivity index (χ1v) is 9.41. The Labute approximate surface area is 161 Å². The molecule has 0 unspecified atom stereocenters. The molecule has 1 aliphatic rings. The quantitative estimate of drug-likeness (QED) is 0.750. The molecule has 0 fully saturated rings. The molecule has 1 amide bonds. The third-order valence-electron chi connectivity index (χ3n) is 4.39. The minimum absolute atomic E-state index is 0.175. The highest BCUT2D eigenvalue weighted by molar-refractivity contribution is 9.10. The second kappa shape index (κ2) is 7.61. The highest BCUT2D eigenvalue weighted by atomic mass is 79.9. The Balaban J connectivity index is 2.05. The van der Waals surface area contributed by atoms with Gasteiger partial charge in [-0.05, 0) is 46.6 Å². The SMILES string of the molecule is CCCN1CCN(C(=O)c2cc(Br)cnc2N(C)C)c2cc(F)ccc21. The van der Waals surface area contributed by atoms with Gasteiger partial charge in [0.2, 0.25) is 0 Å². The van der Waals surface area contributed by atoms with Gasteiger partial charge in [-0.3, -0.25) is 4.79 Å². The van der Waals surface area contributed by atoms with Crippen LogP contribution in [0.1, 0.15) is 23.7 Å². The van der Waals surface area contributed by atoms with Crippen LogP contribution in [-0.4, -0.2) is 44.6 Å². The highest BCUT2D eigenvalue weighted by Crippen LogP contribution is 2.35. The van der Waals surface area contributed by atoms with Crippen molar-refractivity contribution in [2.45, 2.75) is 13.3 Å². The third-order valence-corrected chi connectivity index (χ3v) is 4.82. The maximum atomic E-state index is 13.9. The third kappa shape index (κ3) is 3.53. The van der Waals surface area contributed by atoms with Crippen LogP contribution in [0, 0.1) is 5.82 Å². The summed E-state index contributed by atoms with van der Waals surface area (Å²) in [6.45, 7) is 4.21. The smallest absolute Gasteiger partial charge is 0.262 e. The number of pyridine rings is 1. The second-order valence-corrected chi connectivity index (χ2v) is 7.41. The Morgan fingerprint density at radius 2 is 2.04 bits per heavy atom. The fourth-order valence-electron chi connectivity index (χ4n) is 3.25. The van der Waals surface area contributed by atoms with Gasteiger partial charge in [-0.25, -0.2) is 9.37 Å². The molecule has 138 valence electrons. The number of anilines is 3. The van der Waals surface area contributed by atoms with E-state index >= 15 is 0 Å². The molecule has 0 radical (unpaired) electrons. The van der Waals surface area contributed by atoms with E-state index < -0.39 is 0 Å². The summed E-state index contributed by atoms with van der Waals surface area (Å²) in [4.78, 5) is 23.3. The lowest BCUT2D eigenvalue weighted by Gasteiger charge is -2.38. The van der Waals surface area contributed by atoms with E-state index in [1.165, 1.54) is 12.1 Å². The van der Waals surface area contributed by atoms with Crippen LogP contribution in [0.3, 0.4) is 0 Å². The fraction of sp³-hybridized carbons (Fsp3) is 0.368. The molecule has 1 aromatic heterocycles. The average Bonchev–Trinajstić information content (AvgIpc) is 2.61. The number of halogens is 2. The van der Waals surface area contributed by atoms with Gasteiger partial charge in [0.05, 0.1) is 16.9 Å². The van der Waals surface area contributed by atoms with Crippen molar-refractivity contribution in [2.24, 2.45) is 0 Å². The number of hydrogen-bond donors (Lipinski definition) is 0. The molecular weight excluding hydrogens is 399 g/mol. The van der Waals surface area contributed by atoms with Crippen LogP contribution in [0.5, 0.6) is 0 Å². The normalized spacial score (nSPS) is 13.6. The van der Waals surface area contributed by atoms with Gasteiger partial charge in [0.15, 0.2) is 0 Å². The number of hydrogen-bond acceptors (Lipinski definition) is 4. The van der Waals surface area contributed by atoms with Gasteiger partial charge in [0.25, 0.3) is 5.91 Å². The lowest BCUT2D eigenvalue weighted by atomic mass is 10.1. The van der Waals surface area contributed by atoms with E-state index in [2.05, 4.69) is 32.7 Å². The number of carbonyl (C=O) groups is 1. The molecule has 7 heteroatoms. The zero-order valence-corrected chi connectivity index (χ0v) is 16.8. The zero-order chi connectivity index (χ0) is 18.8. The van der Waals surface area contributed by atoms with E-state index in [9.17, 15) is 9.18 Å². The van der Waals surface area contributed by atoms with Crippen molar-refractivity contribution in [1.29, 1.82) is 0 Å². The summed E-state index contributed by atoms with van der Waals surface area (Å²) < 4.78 is 14.7. The van der Waals surface area contributed by atoms with Crippen molar-refractivity contribution in [3.8, 4) is 0 Å². The van der Waals surface area contributed by atoms with E-state index in [4.69, 9.17) is 0 Å². The molecule has 3 rings (SSSR count). The van der Waals surface area contributed by atoms with Gasteiger partial charge < -0.3 is 14.7 Å². The first-order valence-electron chi connectivity index (χ1n) is 8.61. The molecule has 0 saturated heterocycles. The molecule has 0 N–H and O–H groups in total. The number of rotatable bonds is 4. The molecule has 1 aromatic carbocycles. The molecule has 1 aliphatic heterocycles. The molecule has 0 saturated carbocycles. The Kier molecular flexibility index (Phi) is 5.46. The Morgan fingerprint density at radius 1 is 1.27 bits per heavy atom. The van der Waals surface area contributed by atoms with Crippen LogP contribution in [0.4, 0.5) is 21.6 Å². The van der Waals surface area contributed by atoms with Crippen LogP contribution in [-0.2, 0) is 0 Å². The number of amides is 1. The second-order valence-electron chi connectivity index (χ2n) is 6.50. The van der Waals surface area contributed by atoms with Gasteiger partial charge >= 0.3 is 0 Å². The topological polar surface area (TPSA) is 39.7 Å². The Morgan fingerprint density at radius 3 is 2.73 bits per heavy atom. The zero-order valence-electron chi connectivity index (χ0n) is 15.2. The predicted octanol–water partition coefficient (Wildman–Crippen LogP) is 3.93. The van der Waals surface area contributed by atoms with Gasteiger partial charge in [0.1, 0.15) is 11.6 Å². The first kappa shape index (κ1) is 18.6. The van der Waals surface area contributed by atoms with E-state index in [1.807, 2.05) is 14.1 Å². The minimum atomic E-state index is -0.347. The van der Waals surface area contributed by atoms with Crippen molar-refractivity contribution < 1.29 is 9.18 Å². The maximum Gasteiger partial charge on any atom is 0.262 e. The predicted molar refractivity (Wildman–Crippen MR) is 107 cm³/mol. The van der Waals surface area contributed by atoms with E-state index in [-0.39, 0.29) is 11.7 Å². The van der Waals surface area contributed by atoms with Crippen LogP contribution in [0.15, 0.2) is 34.9 Å². The van der Waals surface area contributed by atoms with E-state index in [0.717, 1.165) is 29.7 Å². The lowest BCUT2D eigenvalue weighted by Crippen LogP contribution is -2.44. The average molecular weight is 421 g/mol. The van der Waals surface area contributed by atoms with Crippen molar-refractivity contribution in [1.82, 2.24) is 4.98 Å². The summed E-state index contributed by atoms with van der Waals surface area (Å²) in [5, 5.41) is 0. The van der Waals surface area contributed by atoms with Crippen molar-refractivity contribution in [3.63, 3.8) is 0 Å². The summed E-state index contributed by atoms with van der Waals surface area (Å²) in [5.41, 5.74) is 1.99. The van der Waals surface area contributed by atoms with Gasteiger partial charge in [0, 0.05) is 44.4 Å². The van der Waals surface area contributed by atoms with Crippen molar-refractivity contribution in [3.05, 3.63) is 46.3 Å². The molecule has 5 nitrogen and oxygen atoms in total. The number of carbonyl (C=O) groups excluding carboxylic acids is 1. The van der Waals surface area contributed by atoms with E-state index in [0.29, 0.717) is 23.6 Å². The van der Waals surface area contributed by atoms with Crippen LogP contribution in [0.2, 0.25) is 0 Å². The van der Waals surface area contributed by atoms with Crippen LogP contribution in [0.25, 0.3) is 0 Å². The number of fused-ring (bicyclic) bond motifs is 1. The summed E-state index contributed by atoms with van der Waals surface area (Å²) in [6, 6.07) is 6.41. The summed E-state index contributed by atoms with van der Waals surface area (Å²) in [5.74, 6) is 0.0674. The highest BCUT2D eigenvalue weighted by Gasteiger charge is 2.29. The maximum absolute atomic E-state index is 13.9. The van der Waals surface area contributed by atoms with Crippen LogP contribution < -0.4 is 14.7 Å². The summed E-state index contributed by atoms with van der Waals surface area (Å²) in [6.07, 6.45) is 2.66. The summed E-state index contributed by atoms with van der Waals surface area (Å²) >= 11 is 3.39. The largest absolute Gasteiger partial charge is 0.368 e. The lowest BCUT2D eigenvalue weighted by molar-refractivity contribution is 0.0986. The molecule has 0 bridgehead atoms. The first-order chi connectivity index (χ1) is 12.4. The molecular formula is C19H22BrFN4O. The molecule has 2 heterocycles. The molecule has 0 atom stereocenters. The Bertz CT molecular complexity index is 827. The Hall–Kier alpha value is -2.15. The fourth-order valence-corrected chi connectivity index (χ4v) is 3.58. The van der Waals surface area contributed by atoms with Crippen LogP contribution >= 0.6 is 15.9 Å².